The van der Waals surface area contributed by atoms with E-state index < -0.39 is 0 Å². The van der Waals surface area contributed by atoms with Crippen LogP contribution in [0.5, 0.6) is 0 Å². The molecule has 0 saturated carbocycles. The number of nitrogens with one attached hydrogen (secondary N) is 1. The van der Waals surface area contributed by atoms with Gasteiger partial charge in [-0.05, 0) is 25.1 Å². The number of amides is 1. The number of hydrogen-bond acceptors (Lipinski definition) is 3. The molecule has 1 heterocycles. The predicted molar refractivity (Wildman–Crippen MR) is 60.7 cm³/mol. The molecule has 0 fully saturated rings. The summed E-state index contributed by atoms with van der Waals surface area (Å²) in [5.41, 5.74) is 1.54. The SMILES string of the molecule is C/C=C/C(=O)NCc1nc2ccccc2o1. The summed E-state index contributed by atoms with van der Waals surface area (Å²) >= 11 is 0. The molecule has 0 aliphatic heterocycles. The van der Waals surface area contributed by atoms with Gasteiger partial charge in [-0.1, -0.05) is 18.2 Å². The standard InChI is InChI=1S/C12H12N2O2/c1-2-5-11(15)13-8-12-14-9-6-3-4-7-10(9)16-12/h2-7H,8H2,1H3,(H,13,15)/b5-2+. The highest BCUT2D eigenvalue weighted by Gasteiger charge is 2.04. The fourth-order valence-electron chi connectivity index (χ4n) is 1.37. The Morgan fingerprint density at radius 3 is 3.06 bits per heavy atom. The van der Waals surface area contributed by atoms with Gasteiger partial charge in [0.25, 0.3) is 0 Å². The second-order valence-corrected chi connectivity index (χ2v) is 3.29. The topological polar surface area (TPSA) is 55.1 Å². The van der Waals surface area contributed by atoms with Crippen LogP contribution in [0.1, 0.15) is 12.8 Å². The minimum Gasteiger partial charge on any atom is -0.439 e. The number of carbonyl (C=O) groups is 1. The van der Waals surface area contributed by atoms with Gasteiger partial charge >= 0.3 is 0 Å². The number of oxazole rings is 1. The van der Waals surface area contributed by atoms with E-state index >= 15 is 0 Å². The van der Waals surface area contributed by atoms with Crippen molar-refractivity contribution in [2.75, 3.05) is 0 Å². The van der Waals surface area contributed by atoms with E-state index in [1.165, 1.54) is 6.08 Å². The number of nitrogens with zero attached hydrogens (tertiary/aromatic N) is 1. The van der Waals surface area contributed by atoms with Crippen molar-refractivity contribution in [2.45, 2.75) is 13.5 Å². The number of allylic oxidation sites excluding steroid dienone is 1. The molecule has 0 atom stereocenters. The van der Waals surface area contributed by atoms with Crippen LogP contribution < -0.4 is 5.32 Å². The number of aromatic nitrogens is 1. The molecule has 16 heavy (non-hydrogen) atoms. The van der Waals surface area contributed by atoms with Crippen molar-refractivity contribution in [2.24, 2.45) is 0 Å². The van der Waals surface area contributed by atoms with Crippen LogP contribution >= 0.6 is 0 Å². The number of hydrogen-bond donors (Lipinski definition) is 1. The van der Waals surface area contributed by atoms with Crippen LogP contribution in [0.15, 0.2) is 40.8 Å². The van der Waals surface area contributed by atoms with Crippen molar-refractivity contribution in [3.63, 3.8) is 0 Å². The maximum Gasteiger partial charge on any atom is 0.244 e. The molecule has 1 aromatic heterocycles. The average molecular weight is 216 g/mol. The zero-order chi connectivity index (χ0) is 11.4. The molecular weight excluding hydrogens is 204 g/mol. The van der Waals surface area contributed by atoms with Crippen LogP contribution in [-0.4, -0.2) is 10.9 Å². The summed E-state index contributed by atoms with van der Waals surface area (Å²) in [6.07, 6.45) is 3.14. The number of fused-ring (bicyclic) bond motifs is 1. The largest absolute Gasteiger partial charge is 0.439 e. The lowest BCUT2D eigenvalue weighted by atomic mass is 10.3. The minimum absolute atomic E-state index is 0.148. The second-order valence-electron chi connectivity index (χ2n) is 3.29. The Bertz CT molecular complexity index is 496. The van der Waals surface area contributed by atoms with Crippen LogP contribution in [0, 0.1) is 0 Å². The molecule has 2 aromatic rings. The molecule has 0 unspecified atom stereocenters. The summed E-state index contributed by atoms with van der Waals surface area (Å²) in [4.78, 5) is 15.4. The molecule has 0 saturated heterocycles. The van der Waals surface area contributed by atoms with E-state index in [2.05, 4.69) is 10.3 Å². The molecule has 0 bridgehead atoms. The van der Waals surface area contributed by atoms with Crippen LogP contribution in [0.2, 0.25) is 0 Å². The van der Waals surface area contributed by atoms with Gasteiger partial charge in [0.15, 0.2) is 5.58 Å². The monoisotopic (exact) mass is 216 g/mol. The van der Waals surface area contributed by atoms with Gasteiger partial charge in [-0.15, -0.1) is 0 Å². The third-order valence-corrected chi connectivity index (χ3v) is 2.07. The summed E-state index contributed by atoms with van der Waals surface area (Å²) in [5, 5.41) is 2.68. The van der Waals surface area contributed by atoms with Gasteiger partial charge in [-0.2, -0.15) is 0 Å². The highest BCUT2D eigenvalue weighted by Crippen LogP contribution is 2.14. The lowest BCUT2D eigenvalue weighted by Crippen LogP contribution is -2.20. The summed E-state index contributed by atoms with van der Waals surface area (Å²) < 4.78 is 5.45. The molecule has 1 N–H and O–H groups in total. The minimum atomic E-state index is -0.148. The molecule has 82 valence electrons. The van der Waals surface area contributed by atoms with Gasteiger partial charge < -0.3 is 9.73 Å². The van der Waals surface area contributed by atoms with Gasteiger partial charge in [0.1, 0.15) is 5.52 Å². The first-order valence-corrected chi connectivity index (χ1v) is 5.04. The molecule has 0 aliphatic rings. The number of benzene rings is 1. The van der Waals surface area contributed by atoms with E-state index in [9.17, 15) is 4.79 Å². The Balaban J connectivity index is 2.07. The highest BCUT2D eigenvalue weighted by molar-refractivity contribution is 5.87. The van der Waals surface area contributed by atoms with Crippen molar-refractivity contribution in [1.82, 2.24) is 10.3 Å². The molecule has 2 rings (SSSR count). The molecular formula is C12H12N2O2. The molecule has 0 radical (unpaired) electrons. The second kappa shape index (κ2) is 4.61. The van der Waals surface area contributed by atoms with Gasteiger partial charge in [-0.3, -0.25) is 4.79 Å². The van der Waals surface area contributed by atoms with Gasteiger partial charge in [-0.25, -0.2) is 4.98 Å². The van der Waals surface area contributed by atoms with Crippen molar-refractivity contribution in [3.05, 3.63) is 42.3 Å². The number of para-hydroxylation sites is 2. The first kappa shape index (κ1) is 10.4. The van der Waals surface area contributed by atoms with E-state index in [0.29, 0.717) is 12.4 Å². The third-order valence-electron chi connectivity index (χ3n) is 2.07. The molecule has 0 spiro atoms. The van der Waals surface area contributed by atoms with Gasteiger partial charge in [0.05, 0.1) is 6.54 Å². The smallest absolute Gasteiger partial charge is 0.244 e. The van der Waals surface area contributed by atoms with E-state index in [1.807, 2.05) is 24.3 Å². The maximum atomic E-state index is 11.2. The first-order valence-electron chi connectivity index (χ1n) is 5.04. The average Bonchev–Trinajstić information content (AvgIpc) is 2.69. The number of carbonyl (C=O) groups excluding carboxylic acids is 1. The Morgan fingerprint density at radius 2 is 2.31 bits per heavy atom. The van der Waals surface area contributed by atoms with Crippen LogP contribution in [-0.2, 0) is 11.3 Å². The van der Waals surface area contributed by atoms with E-state index in [1.54, 1.807) is 13.0 Å². The number of rotatable bonds is 3. The quantitative estimate of drug-likeness (QED) is 0.798. The lowest BCUT2D eigenvalue weighted by Gasteiger charge is -1.96. The van der Waals surface area contributed by atoms with Crippen molar-refractivity contribution >= 4 is 17.0 Å². The summed E-state index contributed by atoms with van der Waals surface area (Å²) in [6.45, 7) is 2.09. The Hall–Kier alpha value is -2.10. The van der Waals surface area contributed by atoms with E-state index in [0.717, 1.165) is 11.1 Å². The normalized spacial score (nSPS) is 11.1. The summed E-state index contributed by atoms with van der Waals surface area (Å²) in [6, 6.07) is 7.50. The summed E-state index contributed by atoms with van der Waals surface area (Å²) in [7, 11) is 0. The zero-order valence-corrected chi connectivity index (χ0v) is 8.93. The molecule has 1 amide bonds. The summed E-state index contributed by atoms with van der Waals surface area (Å²) in [5.74, 6) is 0.365. The molecule has 0 aliphatic carbocycles. The Labute approximate surface area is 93.0 Å². The van der Waals surface area contributed by atoms with Crippen LogP contribution in [0.3, 0.4) is 0 Å². The highest BCUT2D eigenvalue weighted by atomic mass is 16.3. The van der Waals surface area contributed by atoms with Crippen LogP contribution in [0.25, 0.3) is 11.1 Å². The third kappa shape index (κ3) is 2.28. The van der Waals surface area contributed by atoms with Crippen LogP contribution in [0.4, 0.5) is 0 Å². The fourth-order valence-corrected chi connectivity index (χ4v) is 1.37. The van der Waals surface area contributed by atoms with E-state index in [-0.39, 0.29) is 5.91 Å². The Morgan fingerprint density at radius 1 is 1.50 bits per heavy atom. The first-order chi connectivity index (χ1) is 7.79. The predicted octanol–water partition coefficient (Wildman–Crippen LogP) is 2.02. The van der Waals surface area contributed by atoms with Crippen molar-refractivity contribution in [3.8, 4) is 0 Å². The van der Waals surface area contributed by atoms with Crippen molar-refractivity contribution in [1.29, 1.82) is 0 Å². The van der Waals surface area contributed by atoms with E-state index in [4.69, 9.17) is 4.42 Å². The molecule has 1 aromatic carbocycles. The van der Waals surface area contributed by atoms with Gasteiger partial charge in [0, 0.05) is 0 Å². The lowest BCUT2D eigenvalue weighted by molar-refractivity contribution is -0.116. The molecule has 4 nitrogen and oxygen atoms in total. The Kier molecular flexibility index (Phi) is 3.00. The van der Waals surface area contributed by atoms with Gasteiger partial charge in [0.2, 0.25) is 11.8 Å². The molecule has 4 heteroatoms. The maximum absolute atomic E-state index is 11.2. The fraction of sp³-hybridized carbons (Fsp3) is 0.167. The van der Waals surface area contributed by atoms with Crippen molar-refractivity contribution < 1.29 is 9.21 Å². The zero-order valence-electron chi connectivity index (χ0n) is 8.93.